The highest BCUT2D eigenvalue weighted by Gasteiger charge is 2.11. The van der Waals surface area contributed by atoms with Crippen LogP contribution < -0.4 is 20.3 Å². The molecular weight excluding hydrogens is 452 g/mol. The van der Waals surface area contributed by atoms with Gasteiger partial charge in [0.25, 0.3) is 5.56 Å². The number of hydrogen-bond donors (Lipinski definition) is 2. The van der Waals surface area contributed by atoms with Gasteiger partial charge in [-0.2, -0.15) is 5.10 Å². The molecule has 0 fully saturated rings. The van der Waals surface area contributed by atoms with E-state index < -0.39 is 6.09 Å². The lowest BCUT2D eigenvalue weighted by Crippen LogP contribution is -2.25. The second-order valence-corrected chi connectivity index (χ2v) is 7.53. The van der Waals surface area contributed by atoms with E-state index in [0.29, 0.717) is 39.9 Å². The second-order valence-electron chi connectivity index (χ2n) is 7.53. The number of nitrogens with one attached hydrogen (secondary N) is 1. The van der Waals surface area contributed by atoms with Gasteiger partial charge in [-0.1, -0.05) is 18.2 Å². The Morgan fingerprint density at radius 3 is 2.77 bits per heavy atom. The topological polar surface area (TPSA) is 133 Å². The molecule has 35 heavy (non-hydrogen) atoms. The average Bonchev–Trinajstić information content (AvgIpc) is 2.88. The lowest BCUT2D eigenvalue weighted by molar-refractivity contribution is 0.112. The summed E-state index contributed by atoms with van der Waals surface area (Å²) < 4.78 is 12.4. The number of aromatic nitrogens is 3. The average molecular weight is 474 g/mol. The van der Waals surface area contributed by atoms with Crippen molar-refractivity contribution in [3.8, 4) is 22.8 Å². The van der Waals surface area contributed by atoms with Gasteiger partial charge < -0.3 is 19.9 Å². The first kappa shape index (κ1) is 23.4. The van der Waals surface area contributed by atoms with Gasteiger partial charge in [-0.05, 0) is 29.8 Å². The number of nitrogens with zero attached hydrogens (tertiary/aromatic N) is 3. The van der Waals surface area contributed by atoms with Crippen molar-refractivity contribution in [3.63, 3.8) is 0 Å². The Bertz CT molecular complexity index is 1450. The van der Waals surface area contributed by atoms with Crippen molar-refractivity contribution in [2.45, 2.75) is 13.1 Å². The van der Waals surface area contributed by atoms with Crippen molar-refractivity contribution in [1.29, 1.82) is 0 Å². The maximum absolute atomic E-state index is 12.4. The Morgan fingerprint density at radius 1 is 1.14 bits per heavy atom. The molecule has 0 unspecified atom stereocenters. The van der Waals surface area contributed by atoms with E-state index >= 15 is 0 Å². The van der Waals surface area contributed by atoms with E-state index in [9.17, 15) is 14.4 Å². The van der Waals surface area contributed by atoms with Crippen LogP contribution in [0.5, 0.6) is 11.5 Å². The van der Waals surface area contributed by atoms with E-state index in [1.165, 1.54) is 17.9 Å². The minimum absolute atomic E-state index is 0.153. The third-order valence-corrected chi connectivity index (χ3v) is 5.27. The van der Waals surface area contributed by atoms with Crippen LogP contribution in [0, 0.1) is 0 Å². The molecule has 0 radical (unpaired) electrons. The van der Waals surface area contributed by atoms with Crippen LogP contribution in [0.15, 0.2) is 65.6 Å². The normalized spacial score (nSPS) is 10.7. The van der Waals surface area contributed by atoms with Gasteiger partial charge >= 0.3 is 6.09 Å². The summed E-state index contributed by atoms with van der Waals surface area (Å²) in [6.45, 7) is 0.502. The quantitative estimate of drug-likeness (QED) is 0.354. The van der Waals surface area contributed by atoms with Gasteiger partial charge in [0.2, 0.25) is 0 Å². The number of rotatable bonds is 9. The minimum atomic E-state index is -1.11. The summed E-state index contributed by atoms with van der Waals surface area (Å²) in [6.07, 6.45) is 1.19. The van der Waals surface area contributed by atoms with Gasteiger partial charge in [-0.25, -0.2) is 9.48 Å². The van der Waals surface area contributed by atoms with E-state index in [1.807, 2.05) is 12.1 Å². The van der Waals surface area contributed by atoms with E-state index in [-0.39, 0.29) is 25.3 Å². The van der Waals surface area contributed by atoms with Crippen molar-refractivity contribution in [1.82, 2.24) is 20.1 Å². The highest BCUT2D eigenvalue weighted by molar-refractivity contribution is 5.93. The van der Waals surface area contributed by atoms with Crippen molar-refractivity contribution < 1.29 is 24.2 Å². The number of amides is 1. The van der Waals surface area contributed by atoms with Crippen LogP contribution in [-0.4, -0.2) is 46.0 Å². The summed E-state index contributed by atoms with van der Waals surface area (Å²) in [6, 6.07) is 15.3. The first-order valence-electron chi connectivity index (χ1n) is 10.7. The summed E-state index contributed by atoms with van der Waals surface area (Å²) in [5.74, 6) is 0.941. The zero-order valence-corrected chi connectivity index (χ0v) is 18.8. The molecule has 0 atom stereocenters. The molecule has 2 N–H and O–H groups in total. The summed E-state index contributed by atoms with van der Waals surface area (Å²) in [5, 5.41) is 16.2. The first-order valence-corrected chi connectivity index (χ1v) is 10.7. The van der Waals surface area contributed by atoms with Gasteiger partial charge in [-0.15, -0.1) is 0 Å². The molecule has 4 rings (SSSR count). The predicted molar refractivity (Wildman–Crippen MR) is 128 cm³/mol. The predicted octanol–water partition coefficient (Wildman–Crippen LogP) is 3.13. The molecule has 2 heterocycles. The molecule has 1 amide bonds. The number of aldehydes is 1. The zero-order chi connectivity index (χ0) is 24.8. The van der Waals surface area contributed by atoms with E-state index in [4.69, 9.17) is 14.6 Å². The van der Waals surface area contributed by atoms with Gasteiger partial charge in [0.15, 0.2) is 6.29 Å². The fraction of sp³-hybridized carbons (Fsp3) is 0.160. The lowest BCUT2D eigenvalue weighted by Gasteiger charge is -2.12. The Hall–Kier alpha value is -4.73. The molecule has 0 spiro atoms. The Kier molecular flexibility index (Phi) is 7.01. The van der Waals surface area contributed by atoms with Crippen molar-refractivity contribution in [2.75, 3.05) is 13.7 Å². The number of benzene rings is 2. The number of carbonyl (C=O) groups is 2. The van der Waals surface area contributed by atoms with Crippen LogP contribution in [0.2, 0.25) is 0 Å². The van der Waals surface area contributed by atoms with E-state index in [2.05, 4.69) is 15.4 Å². The van der Waals surface area contributed by atoms with Crippen LogP contribution in [-0.2, 0) is 13.1 Å². The smallest absolute Gasteiger partial charge is 0.404 e. The maximum atomic E-state index is 12.4. The standard InChI is InChI=1S/C25H22N4O6/c1-34-23-13-21-19(12-18(23)15-30)22(7-8-26-21)35-10-9-29-24(31)6-5-20(28-29)17-4-2-3-16(11-17)14-27-25(32)33/h2-8,11-13,15,27H,9-10,14H2,1H3,(H,32,33). The van der Waals surface area contributed by atoms with Crippen molar-refractivity contribution in [2.24, 2.45) is 0 Å². The molecule has 2 aromatic carbocycles. The van der Waals surface area contributed by atoms with Gasteiger partial charge in [0.05, 0.1) is 30.4 Å². The molecule has 0 saturated carbocycles. The molecular formula is C25H22N4O6. The lowest BCUT2D eigenvalue weighted by atomic mass is 10.1. The molecule has 0 saturated heterocycles. The largest absolute Gasteiger partial charge is 0.496 e. The third kappa shape index (κ3) is 5.44. The van der Waals surface area contributed by atoms with E-state index in [0.717, 1.165) is 11.1 Å². The highest BCUT2D eigenvalue weighted by Crippen LogP contribution is 2.29. The third-order valence-electron chi connectivity index (χ3n) is 5.27. The Balaban J connectivity index is 1.52. The monoisotopic (exact) mass is 474 g/mol. The molecule has 0 bridgehead atoms. The molecule has 178 valence electrons. The van der Waals surface area contributed by atoms with Crippen LogP contribution in [0.4, 0.5) is 4.79 Å². The molecule has 0 aliphatic carbocycles. The zero-order valence-electron chi connectivity index (χ0n) is 18.8. The number of pyridine rings is 1. The molecule has 10 heteroatoms. The van der Waals surface area contributed by atoms with Crippen LogP contribution >= 0.6 is 0 Å². The SMILES string of the molecule is COc1cc2nccc(OCCn3nc(-c4cccc(CNC(=O)O)c4)ccc3=O)c2cc1C=O. The van der Waals surface area contributed by atoms with Crippen LogP contribution in [0.3, 0.4) is 0 Å². The van der Waals surface area contributed by atoms with Gasteiger partial charge in [0.1, 0.15) is 18.1 Å². The molecule has 10 nitrogen and oxygen atoms in total. The van der Waals surface area contributed by atoms with Crippen molar-refractivity contribution in [3.05, 3.63) is 82.3 Å². The fourth-order valence-corrected chi connectivity index (χ4v) is 3.58. The molecule has 0 aliphatic rings. The minimum Gasteiger partial charge on any atom is -0.496 e. The summed E-state index contributed by atoms with van der Waals surface area (Å²) in [4.78, 5) is 38.8. The summed E-state index contributed by atoms with van der Waals surface area (Å²) in [7, 11) is 1.48. The van der Waals surface area contributed by atoms with Crippen LogP contribution in [0.1, 0.15) is 15.9 Å². The number of hydrogen-bond acceptors (Lipinski definition) is 7. The molecule has 0 aliphatic heterocycles. The van der Waals surface area contributed by atoms with Gasteiger partial charge in [0, 0.05) is 35.8 Å². The highest BCUT2D eigenvalue weighted by atomic mass is 16.5. The fourth-order valence-electron chi connectivity index (χ4n) is 3.58. The number of fused-ring (bicyclic) bond motifs is 1. The molecule has 2 aromatic heterocycles. The first-order chi connectivity index (χ1) is 17.0. The van der Waals surface area contributed by atoms with Crippen LogP contribution in [0.25, 0.3) is 22.2 Å². The van der Waals surface area contributed by atoms with Gasteiger partial charge in [-0.3, -0.25) is 14.6 Å². The summed E-state index contributed by atoms with van der Waals surface area (Å²) in [5.41, 5.74) is 2.79. The Labute approximate surface area is 199 Å². The second kappa shape index (κ2) is 10.5. The number of ether oxygens (including phenoxy) is 2. The Morgan fingerprint density at radius 2 is 2.00 bits per heavy atom. The van der Waals surface area contributed by atoms with Crippen molar-refractivity contribution >= 4 is 23.3 Å². The molecule has 4 aromatic rings. The van der Waals surface area contributed by atoms with E-state index in [1.54, 1.807) is 42.6 Å². The number of carboxylic acid groups (broad SMARTS) is 1. The number of carbonyl (C=O) groups excluding carboxylic acids is 1. The summed E-state index contributed by atoms with van der Waals surface area (Å²) >= 11 is 0. The number of methoxy groups -OCH3 is 1. The maximum Gasteiger partial charge on any atom is 0.404 e.